The monoisotopic (exact) mass is 1140 g/mol. The van der Waals surface area contributed by atoms with Crippen molar-refractivity contribution in [2.45, 2.75) is 297 Å². The molecule has 0 saturated carbocycles. The van der Waals surface area contributed by atoms with Crippen LogP contribution in [-0.4, -0.2) is 37.2 Å². The number of ether oxygens (including phenoxy) is 3. The van der Waals surface area contributed by atoms with Crippen LogP contribution in [-0.2, 0) is 28.6 Å². The summed E-state index contributed by atoms with van der Waals surface area (Å²) >= 11 is 0. The van der Waals surface area contributed by atoms with E-state index in [-0.39, 0.29) is 37.5 Å². The summed E-state index contributed by atoms with van der Waals surface area (Å²) in [6.07, 6.45) is 101. The van der Waals surface area contributed by atoms with Crippen molar-refractivity contribution in [2.24, 2.45) is 0 Å². The molecule has 0 rings (SSSR count). The minimum atomic E-state index is -0.818. The molecule has 0 aromatic heterocycles. The van der Waals surface area contributed by atoms with Crippen LogP contribution in [0.15, 0.2) is 158 Å². The molecule has 0 spiro atoms. The molecule has 0 aromatic rings. The highest BCUT2D eigenvalue weighted by molar-refractivity contribution is 5.71. The number of esters is 3. The van der Waals surface area contributed by atoms with Crippen molar-refractivity contribution >= 4 is 17.9 Å². The number of unbranched alkanes of at least 4 members (excludes halogenated alkanes) is 23. The third-order valence-electron chi connectivity index (χ3n) is 14.0. The SMILES string of the molecule is CC/C=C\C/C=C\C/C=C\C/C=C\C/C=C\CCCCCCCCCCCCCCCC(=O)OCC(COC(=O)CC/C=C\C/C=C\C/C=C\C/C=C\CC)OC(=O)CCCCCCCCCCCC/C=C\C/C=C\C/C=C\C/C=C\CC. The molecule has 1 atom stereocenters. The minimum absolute atomic E-state index is 0.107. The number of hydrogen-bond donors (Lipinski definition) is 0. The molecule has 6 nitrogen and oxygen atoms in total. The first-order chi connectivity index (χ1) is 41.0. The third kappa shape index (κ3) is 67.7. The van der Waals surface area contributed by atoms with Crippen molar-refractivity contribution in [3.05, 3.63) is 158 Å². The molecule has 0 bridgehead atoms. The third-order valence-corrected chi connectivity index (χ3v) is 14.0. The predicted molar refractivity (Wildman–Crippen MR) is 362 cm³/mol. The molecule has 83 heavy (non-hydrogen) atoms. The van der Waals surface area contributed by atoms with Gasteiger partial charge in [0.05, 0.1) is 0 Å². The van der Waals surface area contributed by atoms with Gasteiger partial charge in [0.1, 0.15) is 13.2 Å². The van der Waals surface area contributed by atoms with Crippen LogP contribution in [0.5, 0.6) is 0 Å². The molecule has 0 amide bonds. The van der Waals surface area contributed by atoms with E-state index in [2.05, 4.69) is 173 Å². The Balaban J connectivity index is 4.34. The van der Waals surface area contributed by atoms with E-state index in [1.165, 1.54) is 122 Å². The zero-order valence-corrected chi connectivity index (χ0v) is 53.7. The van der Waals surface area contributed by atoms with Gasteiger partial charge in [0.2, 0.25) is 0 Å². The van der Waals surface area contributed by atoms with Gasteiger partial charge in [-0.2, -0.15) is 0 Å². The summed E-state index contributed by atoms with van der Waals surface area (Å²) in [6.45, 7) is 6.24. The second-order valence-corrected chi connectivity index (χ2v) is 21.9. The van der Waals surface area contributed by atoms with Gasteiger partial charge in [-0.25, -0.2) is 0 Å². The summed E-state index contributed by atoms with van der Waals surface area (Å²) in [5, 5.41) is 0. The lowest BCUT2D eigenvalue weighted by Gasteiger charge is -2.18. The van der Waals surface area contributed by atoms with E-state index >= 15 is 0 Å². The summed E-state index contributed by atoms with van der Waals surface area (Å²) in [5.41, 5.74) is 0. The summed E-state index contributed by atoms with van der Waals surface area (Å²) in [5.74, 6) is -0.996. The molecular formula is C77H124O6. The molecule has 0 saturated heterocycles. The fraction of sp³-hybridized carbons (Fsp3) is 0.623. The molecule has 0 fully saturated rings. The van der Waals surface area contributed by atoms with Crippen LogP contribution in [0.1, 0.15) is 290 Å². The standard InChI is InChI=1S/C77H124O6/c1-4-7-10-13-16-19-22-25-27-29-31-33-35-36-37-38-39-40-42-43-45-47-49-52-55-58-61-64-67-70-76(79)82-73-74(72-81-75(78)69-66-63-60-57-54-51-24-21-18-15-12-9-6-3)83-77(80)71-68-65-62-59-56-53-50-48-46-44-41-34-32-30-28-26-23-20-17-14-11-8-5-2/h7-12,16-21,25-28,31-34,36-37,51,54,60,63,74H,4-6,13-15,22-24,29-30,35,38-50,52-53,55-59,61-62,64-73H2,1-3H3/b10-7-,11-8-,12-9-,19-16-,20-17-,21-18-,27-25-,28-26-,33-31-,34-32-,37-36-,54-51-,63-60-. The van der Waals surface area contributed by atoms with Gasteiger partial charge in [-0.3, -0.25) is 14.4 Å². The van der Waals surface area contributed by atoms with E-state index in [0.29, 0.717) is 19.3 Å². The highest BCUT2D eigenvalue weighted by Gasteiger charge is 2.19. The Morgan fingerprint density at radius 2 is 0.458 bits per heavy atom. The van der Waals surface area contributed by atoms with E-state index in [9.17, 15) is 14.4 Å². The Morgan fingerprint density at radius 1 is 0.241 bits per heavy atom. The van der Waals surface area contributed by atoms with E-state index in [1.807, 2.05) is 6.08 Å². The van der Waals surface area contributed by atoms with E-state index < -0.39 is 6.10 Å². The van der Waals surface area contributed by atoms with Crippen molar-refractivity contribution in [1.29, 1.82) is 0 Å². The number of carbonyl (C=O) groups is 3. The van der Waals surface area contributed by atoms with Crippen LogP contribution in [0, 0.1) is 0 Å². The van der Waals surface area contributed by atoms with Crippen molar-refractivity contribution in [2.75, 3.05) is 13.2 Å². The van der Waals surface area contributed by atoms with E-state index in [0.717, 1.165) is 122 Å². The molecule has 0 aliphatic carbocycles. The second kappa shape index (κ2) is 69.5. The fourth-order valence-electron chi connectivity index (χ4n) is 9.06. The van der Waals surface area contributed by atoms with Crippen LogP contribution < -0.4 is 0 Å². The van der Waals surface area contributed by atoms with Gasteiger partial charge in [-0.15, -0.1) is 0 Å². The first kappa shape index (κ1) is 78.0. The molecule has 0 radical (unpaired) electrons. The highest BCUT2D eigenvalue weighted by Crippen LogP contribution is 2.16. The largest absolute Gasteiger partial charge is 0.462 e. The number of rotatable bonds is 60. The van der Waals surface area contributed by atoms with Crippen LogP contribution in [0.4, 0.5) is 0 Å². The van der Waals surface area contributed by atoms with Gasteiger partial charge in [0, 0.05) is 19.3 Å². The van der Waals surface area contributed by atoms with Crippen molar-refractivity contribution in [1.82, 2.24) is 0 Å². The Hall–Kier alpha value is -4.97. The van der Waals surface area contributed by atoms with Gasteiger partial charge in [-0.1, -0.05) is 301 Å². The summed E-state index contributed by atoms with van der Waals surface area (Å²) < 4.78 is 16.9. The average Bonchev–Trinajstić information content (AvgIpc) is 3.49. The number of carbonyl (C=O) groups excluding carboxylic acids is 3. The predicted octanol–water partition coefficient (Wildman–Crippen LogP) is 23.7. The highest BCUT2D eigenvalue weighted by atomic mass is 16.6. The minimum Gasteiger partial charge on any atom is -0.462 e. The molecular weight excluding hydrogens is 1020 g/mol. The van der Waals surface area contributed by atoms with Gasteiger partial charge in [0.15, 0.2) is 6.10 Å². The first-order valence-corrected chi connectivity index (χ1v) is 34.0. The molecule has 0 aliphatic heterocycles. The topological polar surface area (TPSA) is 78.9 Å². The van der Waals surface area contributed by atoms with Crippen LogP contribution in [0.2, 0.25) is 0 Å². The lowest BCUT2D eigenvalue weighted by molar-refractivity contribution is -0.166. The Bertz CT molecular complexity index is 1840. The van der Waals surface area contributed by atoms with E-state index in [4.69, 9.17) is 14.2 Å². The fourth-order valence-corrected chi connectivity index (χ4v) is 9.06. The van der Waals surface area contributed by atoms with Gasteiger partial charge in [-0.05, 0) is 128 Å². The lowest BCUT2D eigenvalue weighted by atomic mass is 10.0. The second-order valence-electron chi connectivity index (χ2n) is 21.9. The molecule has 0 heterocycles. The maximum atomic E-state index is 12.9. The normalized spacial score (nSPS) is 13.1. The lowest BCUT2D eigenvalue weighted by Crippen LogP contribution is -2.30. The maximum Gasteiger partial charge on any atom is 0.306 e. The zero-order chi connectivity index (χ0) is 59.9. The Kier molecular flexibility index (Phi) is 65.4. The summed E-state index contributed by atoms with van der Waals surface area (Å²) in [6, 6.07) is 0. The zero-order valence-electron chi connectivity index (χ0n) is 53.7. The molecule has 0 aliphatic rings. The van der Waals surface area contributed by atoms with Gasteiger partial charge >= 0.3 is 17.9 Å². The van der Waals surface area contributed by atoms with Crippen LogP contribution >= 0.6 is 0 Å². The Morgan fingerprint density at radius 3 is 0.747 bits per heavy atom. The first-order valence-electron chi connectivity index (χ1n) is 34.0. The molecule has 1 unspecified atom stereocenters. The van der Waals surface area contributed by atoms with Crippen molar-refractivity contribution in [3.8, 4) is 0 Å². The molecule has 0 aromatic carbocycles. The molecule has 0 N–H and O–H groups in total. The van der Waals surface area contributed by atoms with Crippen molar-refractivity contribution in [3.63, 3.8) is 0 Å². The number of hydrogen-bond acceptors (Lipinski definition) is 6. The summed E-state index contributed by atoms with van der Waals surface area (Å²) in [7, 11) is 0. The quantitative estimate of drug-likeness (QED) is 0.0261. The van der Waals surface area contributed by atoms with Crippen LogP contribution in [0.3, 0.4) is 0 Å². The van der Waals surface area contributed by atoms with E-state index in [1.54, 1.807) is 0 Å². The van der Waals surface area contributed by atoms with Gasteiger partial charge < -0.3 is 14.2 Å². The smallest absolute Gasteiger partial charge is 0.306 e. The number of allylic oxidation sites excluding steroid dienone is 26. The van der Waals surface area contributed by atoms with Gasteiger partial charge in [0.25, 0.3) is 0 Å². The van der Waals surface area contributed by atoms with Crippen LogP contribution in [0.25, 0.3) is 0 Å². The van der Waals surface area contributed by atoms with Crippen molar-refractivity contribution < 1.29 is 28.6 Å². The molecule has 6 heteroatoms. The average molecular weight is 1150 g/mol. The maximum absolute atomic E-state index is 12.9. The molecule has 468 valence electrons. The summed E-state index contributed by atoms with van der Waals surface area (Å²) in [4.78, 5) is 38.4. The Labute approximate surface area is 511 Å².